The first-order chi connectivity index (χ1) is 9.99. The molecule has 0 aliphatic carbocycles. The Hall–Kier alpha value is -2.01. The fourth-order valence-corrected chi connectivity index (χ4v) is 3.09. The summed E-state index contributed by atoms with van der Waals surface area (Å²) in [5, 5.41) is 30.6. The van der Waals surface area contributed by atoms with Crippen molar-refractivity contribution in [3.8, 4) is 0 Å². The van der Waals surface area contributed by atoms with E-state index in [-0.39, 0.29) is 12.2 Å². The smallest absolute Gasteiger partial charge is 0.325 e. The van der Waals surface area contributed by atoms with Crippen LogP contribution in [0.2, 0.25) is 0 Å². The van der Waals surface area contributed by atoms with Crippen molar-refractivity contribution in [2.45, 2.75) is 17.5 Å². The van der Waals surface area contributed by atoms with E-state index in [4.69, 9.17) is 5.11 Å². The number of carbonyl (C=O) groups is 1. The summed E-state index contributed by atoms with van der Waals surface area (Å²) in [6, 6.07) is 4.71. The van der Waals surface area contributed by atoms with Crippen molar-refractivity contribution in [2.24, 2.45) is 0 Å². The lowest BCUT2D eigenvalue weighted by atomic mass is 10.2. The zero-order valence-electron chi connectivity index (χ0n) is 10.3. The average Bonchev–Trinajstić information content (AvgIpc) is 2.83. The molecule has 21 heavy (non-hydrogen) atoms. The second-order valence-electron chi connectivity index (χ2n) is 3.81. The number of carboxylic acid groups (broad SMARTS) is 1. The van der Waals surface area contributed by atoms with Crippen molar-refractivity contribution in [1.82, 2.24) is 20.2 Å². The van der Waals surface area contributed by atoms with Crippen molar-refractivity contribution in [1.29, 1.82) is 0 Å². The van der Waals surface area contributed by atoms with Crippen molar-refractivity contribution in [3.05, 3.63) is 38.3 Å². The van der Waals surface area contributed by atoms with Gasteiger partial charge >= 0.3 is 5.97 Å². The number of hydrogen-bond acceptors (Lipinski definition) is 7. The van der Waals surface area contributed by atoms with Crippen LogP contribution in [0.5, 0.6) is 0 Å². The first-order valence-electron chi connectivity index (χ1n) is 5.51. The van der Waals surface area contributed by atoms with Gasteiger partial charge in [-0.1, -0.05) is 23.9 Å². The summed E-state index contributed by atoms with van der Waals surface area (Å²) in [4.78, 5) is 21.0. The number of nitro groups is 1. The van der Waals surface area contributed by atoms with Crippen LogP contribution < -0.4 is 0 Å². The van der Waals surface area contributed by atoms with E-state index in [1.54, 1.807) is 12.1 Å². The van der Waals surface area contributed by atoms with Gasteiger partial charge in [0.05, 0.1) is 9.40 Å². The van der Waals surface area contributed by atoms with E-state index in [9.17, 15) is 14.9 Å². The highest BCUT2D eigenvalue weighted by atomic mass is 79.9. The van der Waals surface area contributed by atoms with E-state index >= 15 is 0 Å². The van der Waals surface area contributed by atoms with E-state index in [0.29, 0.717) is 20.9 Å². The number of rotatable bonds is 6. The normalized spacial score (nSPS) is 10.5. The Morgan fingerprint density at radius 3 is 2.95 bits per heavy atom. The Morgan fingerprint density at radius 2 is 2.29 bits per heavy atom. The monoisotopic (exact) mass is 373 g/mol. The van der Waals surface area contributed by atoms with Crippen LogP contribution in [0.15, 0.2) is 27.8 Å². The number of aromatic nitrogens is 4. The summed E-state index contributed by atoms with van der Waals surface area (Å²) in [5.41, 5.74) is 0.664. The number of tetrazole rings is 1. The molecule has 0 atom stereocenters. The maximum Gasteiger partial charge on any atom is 0.325 e. The zero-order chi connectivity index (χ0) is 15.4. The molecule has 0 saturated carbocycles. The number of aliphatic carboxylic acids is 1. The van der Waals surface area contributed by atoms with Gasteiger partial charge < -0.3 is 5.11 Å². The van der Waals surface area contributed by atoms with E-state index in [0.717, 1.165) is 4.68 Å². The highest BCUT2D eigenvalue weighted by Crippen LogP contribution is 2.32. The van der Waals surface area contributed by atoms with Gasteiger partial charge in [-0.25, -0.2) is 4.68 Å². The summed E-state index contributed by atoms with van der Waals surface area (Å²) < 4.78 is 1.54. The first-order valence-corrected chi connectivity index (χ1v) is 7.29. The number of halogens is 1. The molecule has 2 aromatic rings. The third-order valence-electron chi connectivity index (χ3n) is 2.40. The Bertz CT molecular complexity index is 692. The largest absolute Gasteiger partial charge is 0.480 e. The molecule has 0 fully saturated rings. The van der Waals surface area contributed by atoms with E-state index < -0.39 is 10.9 Å². The lowest BCUT2D eigenvalue weighted by Crippen LogP contribution is -2.11. The van der Waals surface area contributed by atoms with Crippen LogP contribution in [0, 0.1) is 10.1 Å². The molecule has 110 valence electrons. The predicted octanol–water partition coefficient (Wildman–Crippen LogP) is 1.72. The highest BCUT2D eigenvalue weighted by Gasteiger charge is 2.16. The molecule has 0 amide bonds. The van der Waals surface area contributed by atoms with Gasteiger partial charge in [-0.15, -0.1) is 5.10 Å². The van der Waals surface area contributed by atoms with Crippen LogP contribution in [-0.2, 0) is 17.1 Å². The Balaban J connectivity index is 2.14. The van der Waals surface area contributed by atoms with Crippen molar-refractivity contribution in [3.63, 3.8) is 0 Å². The number of nitrogens with zero attached hydrogens (tertiary/aromatic N) is 5. The lowest BCUT2D eigenvalue weighted by molar-refractivity contribution is -0.385. The predicted molar refractivity (Wildman–Crippen MR) is 75.8 cm³/mol. The maximum absolute atomic E-state index is 10.8. The number of thioether (sulfide) groups is 1. The molecule has 1 aromatic carbocycles. The minimum absolute atomic E-state index is 0.0294. The summed E-state index contributed by atoms with van der Waals surface area (Å²) in [6.45, 7) is -0.342. The molecule has 1 aromatic heterocycles. The molecule has 1 heterocycles. The third-order valence-corrected chi connectivity index (χ3v) is 4.32. The van der Waals surface area contributed by atoms with Crippen LogP contribution in [0.4, 0.5) is 5.69 Å². The fraction of sp³-hybridized carbons (Fsp3) is 0.200. The Morgan fingerprint density at radius 1 is 1.52 bits per heavy atom. The summed E-state index contributed by atoms with van der Waals surface area (Å²) in [7, 11) is 0. The summed E-state index contributed by atoms with van der Waals surface area (Å²) >= 11 is 4.39. The number of carboxylic acids is 1. The number of benzene rings is 1. The minimum atomic E-state index is -1.05. The molecule has 0 radical (unpaired) electrons. The Kier molecular flexibility index (Phi) is 4.85. The van der Waals surface area contributed by atoms with Gasteiger partial charge in [0.2, 0.25) is 5.16 Å². The maximum atomic E-state index is 10.8. The van der Waals surface area contributed by atoms with Gasteiger partial charge in [0.25, 0.3) is 5.69 Å². The van der Waals surface area contributed by atoms with Gasteiger partial charge in [-0.3, -0.25) is 14.9 Å². The molecule has 0 aliphatic heterocycles. The number of hydrogen-bond donors (Lipinski definition) is 1. The van der Waals surface area contributed by atoms with Gasteiger partial charge in [-0.05, 0) is 31.9 Å². The van der Waals surface area contributed by atoms with Crippen LogP contribution in [0.25, 0.3) is 0 Å². The molecule has 0 saturated heterocycles. The van der Waals surface area contributed by atoms with Crippen LogP contribution in [-0.4, -0.2) is 36.2 Å². The van der Waals surface area contributed by atoms with Crippen LogP contribution in [0.1, 0.15) is 5.56 Å². The van der Waals surface area contributed by atoms with Crippen molar-refractivity contribution in [2.75, 3.05) is 0 Å². The fourth-order valence-electron chi connectivity index (χ4n) is 1.49. The molecular formula is C10H8BrN5O4S. The topological polar surface area (TPSA) is 124 Å². The zero-order valence-corrected chi connectivity index (χ0v) is 12.7. The van der Waals surface area contributed by atoms with E-state index in [1.165, 1.54) is 17.8 Å². The second-order valence-corrected chi connectivity index (χ2v) is 5.54. The van der Waals surface area contributed by atoms with Crippen LogP contribution >= 0.6 is 27.7 Å². The SMILES string of the molecule is O=C(O)Cn1nnnc1SCc1cccc([N+](=O)[O-])c1Br. The van der Waals surface area contributed by atoms with Crippen LogP contribution in [0.3, 0.4) is 0 Å². The molecule has 1 N–H and O–H groups in total. The minimum Gasteiger partial charge on any atom is -0.480 e. The molecule has 2 rings (SSSR count). The lowest BCUT2D eigenvalue weighted by Gasteiger charge is -2.04. The van der Waals surface area contributed by atoms with E-state index in [1.807, 2.05) is 0 Å². The highest BCUT2D eigenvalue weighted by molar-refractivity contribution is 9.10. The molecule has 0 unspecified atom stereocenters. The summed E-state index contributed by atoms with van der Waals surface area (Å²) in [6.07, 6.45) is 0. The molecule has 0 bridgehead atoms. The molecular weight excluding hydrogens is 366 g/mol. The van der Waals surface area contributed by atoms with Gasteiger partial charge in [-0.2, -0.15) is 0 Å². The van der Waals surface area contributed by atoms with Crippen molar-refractivity contribution >= 4 is 39.3 Å². The standard InChI is InChI=1S/C10H8BrN5O4S/c11-9-6(2-1-3-7(9)16(19)20)5-21-10-12-13-14-15(10)4-8(17)18/h1-3H,4-5H2,(H,17,18). The van der Waals surface area contributed by atoms with Gasteiger partial charge in [0, 0.05) is 11.8 Å². The quantitative estimate of drug-likeness (QED) is 0.460. The van der Waals surface area contributed by atoms with E-state index in [2.05, 4.69) is 31.5 Å². The Labute approximate surface area is 130 Å². The summed E-state index contributed by atoms with van der Waals surface area (Å²) in [5.74, 6) is -0.692. The average molecular weight is 374 g/mol. The third kappa shape index (κ3) is 3.76. The number of nitro benzene ring substituents is 1. The molecule has 9 nitrogen and oxygen atoms in total. The van der Waals surface area contributed by atoms with Gasteiger partial charge in [0.15, 0.2) is 0 Å². The van der Waals surface area contributed by atoms with Gasteiger partial charge in [0.1, 0.15) is 6.54 Å². The first kappa shape index (κ1) is 15.4. The molecule has 0 aliphatic rings. The molecule has 11 heteroatoms. The molecule has 0 spiro atoms. The second kappa shape index (κ2) is 6.63. The van der Waals surface area contributed by atoms with Crippen molar-refractivity contribution < 1.29 is 14.8 Å².